The van der Waals surface area contributed by atoms with Gasteiger partial charge in [0.15, 0.2) is 0 Å². The van der Waals surface area contributed by atoms with Crippen molar-refractivity contribution in [3.63, 3.8) is 0 Å². The van der Waals surface area contributed by atoms with E-state index >= 15 is 0 Å². The molecular weight excluding hydrogens is 202 g/mol. The summed E-state index contributed by atoms with van der Waals surface area (Å²) < 4.78 is 1.79. The van der Waals surface area contributed by atoms with Crippen LogP contribution in [0.5, 0.6) is 0 Å². The summed E-state index contributed by atoms with van der Waals surface area (Å²) in [4.78, 5) is 14.1. The Kier molecular flexibility index (Phi) is 3.27. The van der Waals surface area contributed by atoms with Crippen LogP contribution in [0.4, 0.5) is 0 Å². The van der Waals surface area contributed by atoms with E-state index in [4.69, 9.17) is 0 Å². The Morgan fingerprint density at radius 2 is 2.38 bits per heavy atom. The highest BCUT2D eigenvalue weighted by Crippen LogP contribution is 2.18. The number of likely N-dealkylation sites (tertiary alicyclic amines) is 1. The number of amides is 1. The number of aryl methyl sites for hydroxylation is 1. The Morgan fingerprint density at radius 1 is 1.56 bits per heavy atom. The first-order valence-electron chi connectivity index (χ1n) is 6.06. The number of carbonyl (C=O) groups is 1. The molecule has 0 aromatic carbocycles. The number of hydrogen-bond donors (Lipinski definition) is 0. The van der Waals surface area contributed by atoms with Crippen LogP contribution in [0.1, 0.15) is 43.6 Å². The van der Waals surface area contributed by atoms with Crippen LogP contribution >= 0.6 is 0 Å². The van der Waals surface area contributed by atoms with Crippen LogP contribution < -0.4 is 0 Å². The van der Waals surface area contributed by atoms with E-state index in [0.717, 1.165) is 25.9 Å². The second-order valence-electron chi connectivity index (χ2n) is 4.40. The first kappa shape index (κ1) is 11.2. The summed E-state index contributed by atoms with van der Waals surface area (Å²) in [6.45, 7) is 5.82. The van der Waals surface area contributed by atoms with Gasteiger partial charge >= 0.3 is 0 Å². The molecule has 1 aromatic heterocycles. The normalized spacial score (nSPS) is 21.1. The van der Waals surface area contributed by atoms with Crippen molar-refractivity contribution in [3.05, 3.63) is 18.0 Å². The van der Waals surface area contributed by atoms with Gasteiger partial charge in [-0.15, -0.1) is 0 Å². The zero-order valence-electron chi connectivity index (χ0n) is 10.0. The summed E-state index contributed by atoms with van der Waals surface area (Å²) in [5.74, 6) is 0.0828. The Bertz CT molecular complexity index is 372. The molecule has 1 aliphatic heterocycles. The van der Waals surface area contributed by atoms with Crippen molar-refractivity contribution in [3.8, 4) is 0 Å². The van der Waals surface area contributed by atoms with E-state index in [1.807, 2.05) is 24.1 Å². The molecule has 0 radical (unpaired) electrons. The van der Waals surface area contributed by atoms with E-state index in [2.05, 4.69) is 12.0 Å². The van der Waals surface area contributed by atoms with Crippen LogP contribution in [-0.2, 0) is 6.54 Å². The monoisotopic (exact) mass is 221 g/mol. The quantitative estimate of drug-likeness (QED) is 0.765. The lowest BCUT2D eigenvalue weighted by atomic mass is 10.0. The van der Waals surface area contributed by atoms with Crippen LogP contribution in [-0.4, -0.2) is 33.2 Å². The third-order valence-electron chi connectivity index (χ3n) is 3.25. The van der Waals surface area contributed by atoms with Gasteiger partial charge in [0.05, 0.1) is 0 Å². The number of aromatic nitrogens is 2. The Hall–Kier alpha value is -1.32. The topological polar surface area (TPSA) is 38.1 Å². The minimum atomic E-state index is 0.0828. The van der Waals surface area contributed by atoms with Crippen molar-refractivity contribution in [2.45, 2.75) is 45.7 Å². The van der Waals surface area contributed by atoms with Gasteiger partial charge in [-0.25, -0.2) is 0 Å². The van der Waals surface area contributed by atoms with Gasteiger partial charge in [0.2, 0.25) is 0 Å². The fourth-order valence-electron chi connectivity index (χ4n) is 2.20. The molecule has 1 aliphatic rings. The van der Waals surface area contributed by atoms with Crippen LogP contribution in [0.3, 0.4) is 0 Å². The van der Waals surface area contributed by atoms with Gasteiger partial charge in [0, 0.05) is 25.3 Å². The molecule has 0 N–H and O–H groups in total. The van der Waals surface area contributed by atoms with Gasteiger partial charge in [-0.3, -0.25) is 9.48 Å². The molecule has 1 fully saturated rings. The smallest absolute Gasteiger partial charge is 0.274 e. The maximum Gasteiger partial charge on any atom is 0.274 e. The molecule has 2 heterocycles. The van der Waals surface area contributed by atoms with Crippen molar-refractivity contribution in [1.29, 1.82) is 0 Å². The van der Waals surface area contributed by atoms with Crippen LogP contribution in [0.15, 0.2) is 12.3 Å². The van der Waals surface area contributed by atoms with Crippen LogP contribution in [0.25, 0.3) is 0 Å². The summed E-state index contributed by atoms with van der Waals surface area (Å²) >= 11 is 0. The third-order valence-corrected chi connectivity index (χ3v) is 3.25. The SMILES string of the molecule is CCn1ccc(C(=O)N2CCCC[C@H]2C)n1. The Labute approximate surface area is 96.2 Å². The van der Waals surface area contributed by atoms with E-state index in [0.29, 0.717) is 11.7 Å². The number of rotatable bonds is 2. The van der Waals surface area contributed by atoms with Crippen molar-refractivity contribution in [2.24, 2.45) is 0 Å². The van der Waals surface area contributed by atoms with E-state index in [1.54, 1.807) is 4.68 Å². The highest BCUT2D eigenvalue weighted by molar-refractivity contribution is 5.92. The second-order valence-corrected chi connectivity index (χ2v) is 4.40. The molecule has 88 valence electrons. The van der Waals surface area contributed by atoms with Gasteiger partial charge in [0.25, 0.3) is 5.91 Å². The zero-order valence-corrected chi connectivity index (χ0v) is 10.0. The predicted octanol–water partition coefficient (Wildman–Crippen LogP) is 1.92. The molecule has 4 nitrogen and oxygen atoms in total. The van der Waals surface area contributed by atoms with Crippen molar-refractivity contribution >= 4 is 5.91 Å². The van der Waals surface area contributed by atoms with Crippen LogP contribution in [0.2, 0.25) is 0 Å². The number of hydrogen-bond acceptors (Lipinski definition) is 2. The van der Waals surface area contributed by atoms with Gasteiger partial charge in [-0.1, -0.05) is 0 Å². The maximum absolute atomic E-state index is 12.2. The third kappa shape index (κ3) is 2.10. The van der Waals surface area contributed by atoms with Gasteiger partial charge in [-0.05, 0) is 39.2 Å². The molecule has 4 heteroatoms. The lowest BCUT2D eigenvalue weighted by molar-refractivity contribution is 0.0628. The number of nitrogens with zero attached hydrogens (tertiary/aromatic N) is 3. The standard InChI is InChI=1S/C12H19N3O/c1-3-14-9-7-11(13-14)12(16)15-8-5-4-6-10(15)2/h7,9-10H,3-6,8H2,1-2H3/t10-/m1/s1. The number of carbonyl (C=O) groups excluding carboxylic acids is 1. The predicted molar refractivity (Wildman–Crippen MR) is 62.3 cm³/mol. The highest BCUT2D eigenvalue weighted by atomic mass is 16.2. The minimum Gasteiger partial charge on any atom is -0.335 e. The average Bonchev–Trinajstić information content (AvgIpc) is 2.77. The summed E-state index contributed by atoms with van der Waals surface area (Å²) in [7, 11) is 0. The zero-order chi connectivity index (χ0) is 11.5. The first-order chi connectivity index (χ1) is 7.72. The minimum absolute atomic E-state index is 0.0828. The van der Waals surface area contributed by atoms with Gasteiger partial charge in [-0.2, -0.15) is 5.10 Å². The summed E-state index contributed by atoms with van der Waals surface area (Å²) in [6.07, 6.45) is 5.32. The molecule has 0 spiro atoms. The second kappa shape index (κ2) is 4.68. The Balaban J connectivity index is 2.11. The molecule has 1 saturated heterocycles. The van der Waals surface area contributed by atoms with Crippen molar-refractivity contribution in [2.75, 3.05) is 6.54 Å². The highest BCUT2D eigenvalue weighted by Gasteiger charge is 2.25. The summed E-state index contributed by atoms with van der Waals surface area (Å²) in [6, 6.07) is 2.17. The molecule has 1 atom stereocenters. The molecule has 16 heavy (non-hydrogen) atoms. The van der Waals surface area contributed by atoms with E-state index in [1.165, 1.54) is 6.42 Å². The fraction of sp³-hybridized carbons (Fsp3) is 0.667. The van der Waals surface area contributed by atoms with Gasteiger partial charge in [0.1, 0.15) is 5.69 Å². The molecule has 0 aliphatic carbocycles. The largest absolute Gasteiger partial charge is 0.335 e. The van der Waals surface area contributed by atoms with E-state index in [9.17, 15) is 4.79 Å². The van der Waals surface area contributed by atoms with Gasteiger partial charge < -0.3 is 4.90 Å². The molecule has 0 saturated carbocycles. The van der Waals surface area contributed by atoms with E-state index in [-0.39, 0.29) is 5.91 Å². The van der Waals surface area contributed by atoms with Crippen molar-refractivity contribution in [1.82, 2.24) is 14.7 Å². The molecule has 2 rings (SSSR count). The molecule has 0 bridgehead atoms. The first-order valence-corrected chi connectivity index (χ1v) is 6.06. The lowest BCUT2D eigenvalue weighted by Crippen LogP contribution is -2.42. The van der Waals surface area contributed by atoms with Crippen LogP contribution in [0, 0.1) is 0 Å². The lowest BCUT2D eigenvalue weighted by Gasteiger charge is -2.32. The average molecular weight is 221 g/mol. The van der Waals surface area contributed by atoms with E-state index < -0.39 is 0 Å². The fourth-order valence-corrected chi connectivity index (χ4v) is 2.20. The molecule has 0 unspecified atom stereocenters. The number of piperidine rings is 1. The molecule has 1 amide bonds. The summed E-state index contributed by atoms with van der Waals surface area (Å²) in [5.41, 5.74) is 0.579. The molecular formula is C12H19N3O. The van der Waals surface area contributed by atoms with Crippen molar-refractivity contribution < 1.29 is 4.79 Å². The maximum atomic E-state index is 12.2. The molecule has 1 aromatic rings. The summed E-state index contributed by atoms with van der Waals surface area (Å²) in [5, 5.41) is 4.26. The Morgan fingerprint density at radius 3 is 3.00 bits per heavy atom.